The van der Waals surface area contributed by atoms with Crippen molar-refractivity contribution in [2.24, 2.45) is 16.7 Å². The van der Waals surface area contributed by atoms with Crippen molar-refractivity contribution in [3.63, 3.8) is 0 Å². The van der Waals surface area contributed by atoms with Crippen LogP contribution in [-0.2, 0) is 17.4 Å². The summed E-state index contributed by atoms with van der Waals surface area (Å²) in [7, 11) is 0. The fraction of sp³-hybridized carbons (Fsp3) is 0.471. The molecule has 0 amide bonds. The van der Waals surface area contributed by atoms with E-state index in [4.69, 9.17) is 11.6 Å². The van der Waals surface area contributed by atoms with Gasteiger partial charge >= 0.3 is 18.3 Å². The number of benzene rings is 1. The Hall–Kier alpha value is -1.98. The first-order valence-electron chi connectivity index (χ1n) is 7.91. The standard InChI is InChI=1S/C17H11ClF10O2/c1-14(2)6(3-7(18)16(23,24)25)15(14,13(29)30)4-5-9(19)11(21)8(17(26,27)28)12(22)10(5)20/h3,6H,4H2,1-2H3,(H,29,30). The Balaban J connectivity index is 2.66. The van der Waals surface area contributed by atoms with Gasteiger partial charge in [-0.2, -0.15) is 26.3 Å². The van der Waals surface area contributed by atoms with E-state index in [9.17, 15) is 53.8 Å². The fourth-order valence-electron chi connectivity index (χ4n) is 3.67. The van der Waals surface area contributed by atoms with E-state index in [0.717, 1.165) is 13.8 Å². The summed E-state index contributed by atoms with van der Waals surface area (Å²) < 4.78 is 132. The van der Waals surface area contributed by atoms with Crippen molar-refractivity contribution in [2.75, 3.05) is 0 Å². The third-order valence-electron chi connectivity index (χ3n) is 5.43. The molecule has 0 aromatic heterocycles. The molecule has 2 atom stereocenters. The van der Waals surface area contributed by atoms with E-state index < -0.39 is 80.9 Å². The SMILES string of the molecule is CC1(C)C(C=C(Cl)C(F)(F)F)C1(Cc1c(F)c(F)c(C(F)(F)F)c(F)c1F)C(=O)O. The van der Waals surface area contributed by atoms with Gasteiger partial charge in [0.05, 0.1) is 5.41 Å². The van der Waals surface area contributed by atoms with Gasteiger partial charge in [0.15, 0.2) is 23.3 Å². The first-order valence-corrected chi connectivity index (χ1v) is 8.29. The lowest BCUT2D eigenvalue weighted by atomic mass is 9.87. The summed E-state index contributed by atoms with van der Waals surface area (Å²) in [5.74, 6) is -14.1. The van der Waals surface area contributed by atoms with Crippen molar-refractivity contribution in [3.8, 4) is 0 Å². The lowest BCUT2D eigenvalue weighted by molar-refractivity contribution is -0.146. The molecule has 1 aromatic rings. The zero-order valence-corrected chi connectivity index (χ0v) is 15.6. The summed E-state index contributed by atoms with van der Waals surface area (Å²) in [6.45, 7) is 2.19. The minimum atomic E-state index is -5.80. The highest BCUT2D eigenvalue weighted by Crippen LogP contribution is 2.71. The summed E-state index contributed by atoms with van der Waals surface area (Å²) in [6.07, 6.45) is -12.0. The number of rotatable bonds is 4. The summed E-state index contributed by atoms with van der Waals surface area (Å²) in [6, 6.07) is 0. The molecule has 0 heterocycles. The van der Waals surface area contributed by atoms with Crippen molar-refractivity contribution in [1.29, 1.82) is 0 Å². The third kappa shape index (κ3) is 3.52. The molecule has 1 aromatic carbocycles. The molecular formula is C17H11ClF10O2. The van der Waals surface area contributed by atoms with Crippen LogP contribution in [0.2, 0.25) is 0 Å². The largest absolute Gasteiger partial charge is 0.481 e. The van der Waals surface area contributed by atoms with Crippen LogP contribution in [0.3, 0.4) is 0 Å². The quantitative estimate of drug-likeness (QED) is 0.417. The number of allylic oxidation sites excluding steroid dienone is 2. The molecule has 0 radical (unpaired) electrons. The van der Waals surface area contributed by atoms with Crippen LogP contribution in [0.4, 0.5) is 43.9 Å². The normalized spacial score (nSPS) is 24.2. The van der Waals surface area contributed by atoms with E-state index in [1.165, 1.54) is 0 Å². The first-order chi connectivity index (χ1) is 13.3. The number of carboxylic acids is 1. The average molecular weight is 473 g/mol. The van der Waals surface area contributed by atoms with Crippen molar-refractivity contribution >= 4 is 17.6 Å². The number of carboxylic acid groups (broad SMARTS) is 1. The molecular weight excluding hydrogens is 462 g/mol. The van der Waals surface area contributed by atoms with E-state index >= 15 is 0 Å². The summed E-state index contributed by atoms with van der Waals surface area (Å²) in [5, 5.41) is 7.78. The van der Waals surface area contributed by atoms with Gasteiger partial charge in [0.25, 0.3) is 0 Å². The van der Waals surface area contributed by atoms with Gasteiger partial charge in [-0.1, -0.05) is 31.5 Å². The molecule has 2 unspecified atom stereocenters. The van der Waals surface area contributed by atoms with Gasteiger partial charge in [0.2, 0.25) is 0 Å². The topological polar surface area (TPSA) is 37.3 Å². The smallest absolute Gasteiger partial charge is 0.426 e. The van der Waals surface area contributed by atoms with Gasteiger partial charge in [-0.15, -0.1) is 0 Å². The molecule has 1 aliphatic rings. The van der Waals surface area contributed by atoms with E-state index in [2.05, 4.69) is 0 Å². The van der Waals surface area contributed by atoms with Crippen LogP contribution in [0.1, 0.15) is 25.0 Å². The summed E-state index contributed by atoms with van der Waals surface area (Å²) in [5.41, 5.74) is -8.61. The second-order valence-corrected chi connectivity index (χ2v) is 7.68. The lowest BCUT2D eigenvalue weighted by Crippen LogP contribution is -2.27. The zero-order valence-electron chi connectivity index (χ0n) is 14.9. The maximum Gasteiger partial charge on any atom is 0.426 e. The molecule has 168 valence electrons. The highest BCUT2D eigenvalue weighted by Gasteiger charge is 2.75. The maximum atomic E-state index is 14.2. The first kappa shape index (κ1) is 24.3. The minimum Gasteiger partial charge on any atom is -0.481 e. The van der Waals surface area contributed by atoms with Crippen molar-refractivity contribution in [2.45, 2.75) is 32.6 Å². The van der Waals surface area contributed by atoms with Crippen molar-refractivity contribution in [1.82, 2.24) is 0 Å². The number of alkyl halides is 6. The monoisotopic (exact) mass is 472 g/mol. The molecule has 2 rings (SSSR count). The predicted octanol–water partition coefficient (Wildman–Crippen LogP) is 6.22. The number of hydrogen-bond donors (Lipinski definition) is 1. The van der Waals surface area contributed by atoms with Crippen LogP contribution in [0.5, 0.6) is 0 Å². The Morgan fingerprint density at radius 3 is 1.77 bits per heavy atom. The Kier molecular flexibility index (Phi) is 5.69. The van der Waals surface area contributed by atoms with Gasteiger partial charge in [-0.3, -0.25) is 4.79 Å². The molecule has 13 heteroatoms. The Labute approximate surface area is 167 Å². The van der Waals surface area contributed by atoms with E-state index in [1.807, 2.05) is 0 Å². The van der Waals surface area contributed by atoms with Crippen LogP contribution < -0.4 is 0 Å². The summed E-state index contributed by atoms with van der Waals surface area (Å²) in [4.78, 5) is 11.8. The highest BCUT2D eigenvalue weighted by molar-refractivity contribution is 6.30. The van der Waals surface area contributed by atoms with Gasteiger partial charge in [-0.05, 0) is 11.8 Å². The molecule has 0 saturated heterocycles. The molecule has 2 nitrogen and oxygen atoms in total. The lowest BCUT2D eigenvalue weighted by Gasteiger charge is -2.19. The maximum absolute atomic E-state index is 14.2. The van der Waals surface area contributed by atoms with Gasteiger partial charge in [-0.25, -0.2) is 17.6 Å². The average Bonchev–Trinajstić information content (AvgIpc) is 3.03. The Morgan fingerprint density at radius 2 is 1.43 bits per heavy atom. The second-order valence-electron chi connectivity index (χ2n) is 7.27. The second kappa shape index (κ2) is 7.03. The minimum absolute atomic E-state index is 0.280. The van der Waals surface area contributed by atoms with Crippen LogP contribution in [0.25, 0.3) is 0 Å². The Morgan fingerprint density at radius 1 is 1.00 bits per heavy atom. The Bertz CT molecular complexity index is 903. The molecule has 0 aliphatic heterocycles. The number of carbonyl (C=O) groups is 1. The van der Waals surface area contributed by atoms with Gasteiger partial charge in [0.1, 0.15) is 10.6 Å². The van der Waals surface area contributed by atoms with Crippen LogP contribution in [-0.4, -0.2) is 17.3 Å². The highest BCUT2D eigenvalue weighted by atomic mass is 35.5. The van der Waals surface area contributed by atoms with Crippen molar-refractivity contribution in [3.05, 3.63) is 45.5 Å². The molecule has 1 fully saturated rings. The number of hydrogen-bond acceptors (Lipinski definition) is 1. The molecule has 0 spiro atoms. The molecule has 0 bridgehead atoms. The predicted molar refractivity (Wildman–Crippen MR) is 82.3 cm³/mol. The molecule has 1 aliphatic carbocycles. The fourth-order valence-corrected chi connectivity index (χ4v) is 3.79. The summed E-state index contributed by atoms with van der Waals surface area (Å²) >= 11 is 5.09. The van der Waals surface area contributed by atoms with Crippen LogP contribution in [0, 0.1) is 40.0 Å². The van der Waals surface area contributed by atoms with Crippen LogP contribution >= 0.6 is 11.6 Å². The number of halogens is 11. The van der Waals surface area contributed by atoms with Gasteiger partial charge < -0.3 is 5.11 Å². The van der Waals surface area contributed by atoms with Crippen molar-refractivity contribution < 1.29 is 53.8 Å². The van der Waals surface area contributed by atoms with E-state index in [-0.39, 0.29) is 6.08 Å². The van der Waals surface area contributed by atoms with E-state index in [0.29, 0.717) is 0 Å². The molecule has 1 saturated carbocycles. The van der Waals surface area contributed by atoms with Crippen LogP contribution in [0.15, 0.2) is 11.1 Å². The molecule has 30 heavy (non-hydrogen) atoms. The number of aliphatic carboxylic acids is 1. The molecule has 1 N–H and O–H groups in total. The van der Waals surface area contributed by atoms with E-state index in [1.54, 1.807) is 0 Å². The van der Waals surface area contributed by atoms with Gasteiger partial charge in [0, 0.05) is 11.5 Å². The zero-order chi connectivity index (χ0) is 23.6. The third-order valence-corrected chi connectivity index (χ3v) is 5.77.